The number of benzene rings is 3. The van der Waals surface area contributed by atoms with Crippen LogP contribution in [0.25, 0.3) is 0 Å². The van der Waals surface area contributed by atoms with Gasteiger partial charge in [0.15, 0.2) is 0 Å². The summed E-state index contributed by atoms with van der Waals surface area (Å²) in [6.45, 7) is 9.16. The van der Waals surface area contributed by atoms with Crippen molar-refractivity contribution < 1.29 is 18.8 Å². The Hall–Kier alpha value is -4.04. The topological polar surface area (TPSA) is 105 Å². The van der Waals surface area contributed by atoms with Crippen molar-refractivity contribution in [2.45, 2.75) is 65.5 Å². The maximum absolute atomic E-state index is 13.5. The summed E-state index contributed by atoms with van der Waals surface area (Å²) < 4.78 is 13.2. The summed E-state index contributed by atoms with van der Waals surface area (Å²) in [5.41, 5.74) is 10.1. The van der Waals surface area contributed by atoms with Crippen LogP contribution in [0.3, 0.4) is 0 Å². The predicted octanol–water partition coefficient (Wildman–Crippen LogP) is 5.73. The number of nitrogens with zero attached hydrogens (tertiary/aromatic N) is 1. The van der Waals surface area contributed by atoms with E-state index in [9.17, 15) is 18.8 Å². The molecule has 0 saturated heterocycles. The Morgan fingerprint density at radius 1 is 0.905 bits per heavy atom. The molecule has 0 unspecified atom stereocenters. The van der Waals surface area contributed by atoms with E-state index in [0.29, 0.717) is 42.7 Å². The van der Waals surface area contributed by atoms with E-state index in [-0.39, 0.29) is 23.5 Å². The van der Waals surface area contributed by atoms with Gasteiger partial charge in [-0.1, -0.05) is 56.7 Å². The maximum atomic E-state index is 13.5. The van der Waals surface area contributed by atoms with Crippen LogP contribution in [0, 0.1) is 18.7 Å². The number of hydrogen-bond acceptors (Lipinski definition) is 4. The average Bonchev–Trinajstić information content (AvgIpc) is 2.98. The number of nitrogens with two attached hydrogens (primary N) is 1. The number of anilines is 1. The molecule has 3 rings (SSSR count). The van der Waals surface area contributed by atoms with E-state index in [2.05, 4.69) is 10.6 Å². The van der Waals surface area contributed by atoms with Gasteiger partial charge < -0.3 is 21.3 Å². The van der Waals surface area contributed by atoms with Gasteiger partial charge >= 0.3 is 0 Å². The predicted molar refractivity (Wildman–Crippen MR) is 166 cm³/mol. The van der Waals surface area contributed by atoms with Gasteiger partial charge in [0.2, 0.25) is 5.91 Å². The maximum Gasteiger partial charge on any atom is 0.253 e. The first kappa shape index (κ1) is 32.5. The van der Waals surface area contributed by atoms with E-state index in [1.165, 1.54) is 24.3 Å². The molecule has 42 heavy (non-hydrogen) atoms. The van der Waals surface area contributed by atoms with Gasteiger partial charge in [-0.3, -0.25) is 14.4 Å². The van der Waals surface area contributed by atoms with Crippen molar-refractivity contribution in [3.05, 3.63) is 101 Å². The number of amides is 3. The van der Waals surface area contributed by atoms with E-state index < -0.39 is 18.0 Å². The first-order valence-electron chi connectivity index (χ1n) is 14.7. The minimum absolute atomic E-state index is 0.0951. The first-order valence-corrected chi connectivity index (χ1v) is 14.7. The lowest BCUT2D eigenvalue weighted by atomic mass is 9.91. The van der Waals surface area contributed by atoms with E-state index in [0.717, 1.165) is 24.0 Å². The quantitative estimate of drug-likeness (QED) is 0.229. The number of nitrogens with one attached hydrogen (secondary N) is 2. The molecule has 0 spiro atoms. The molecule has 8 heteroatoms. The molecule has 224 valence electrons. The van der Waals surface area contributed by atoms with Crippen molar-refractivity contribution in [3.63, 3.8) is 0 Å². The molecular formula is C34H43FN4O3. The highest BCUT2D eigenvalue weighted by Gasteiger charge is 2.26. The van der Waals surface area contributed by atoms with Crippen LogP contribution in [-0.4, -0.2) is 47.8 Å². The largest absolute Gasteiger partial charge is 0.347 e. The van der Waals surface area contributed by atoms with Crippen LogP contribution in [0.1, 0.15) is 71.9 Å². The molecule has 3 aromatic carbocycles. The van der Waals surface area contributed by atoms with Gasteiger partial charge in [-0.15, -0.1) is 0 Å². The van der Waals surface area contributed by atoms with Crippen molar-refractivity contribution in [2.75, 3.05) is 18.4 Å². The van der Waals surface area contributed by atoms with Crippen LogP contribution < -0.4 is 16.4 Å². The lowest BCUT2D eigenvalue weighted by Gasteiger charge is -2.27. The molecule has 0 saturated carbocycles. The summed E-state index contributed by atoms with van der Waals surface area (Å²) in [5, 5.41) is 5.87. The molecule has 0 aromatic heterocycles. The molecule has 7 nitrogen and oxygen atoms in total. The zero-order valence-corrected chi connectivity index (χ0v) is 25.0. The lowest BCUT2D eigenvalue weighted by Crippen LogP contribution is -2.50. The normalized spacial score (nSPS) is 13.1. The zero-order valence-electron chi connectivity index (χ0n) is 25.0. The molecule has 4 N–H and O–H groups in total. The Bertz CT molecular complexity index is 1320. The molecule has 0 fully saturated rings. The number of hydrogen-bond donors (Lipinski definition) is 3. The number of carbonyl (C=O) groups is 3. The van der Waals surface area contributed by atoms with Crippen molar-refractivity contribution in [3.8, 4) is 0 Å². The third kappa shape index (κ3) is 9.52. The van der Waals surface area contributed by atoms with Crippen molar-refractivity contribution in [1.82, 2.24) is 10.2 Å². The van der Waals surface area contributed by atoms with Crippen LogP contribution in [0.4, 0.5) is 10.1 Å². The van der Waals surface area contributed by atoms with Crippen LogP contribution in [0.15, 0.2) is 72.8 Å². The van der Waals surface area contributed by atoms with Crippen LogP contribution >= 0.6 is 0 Å². The second kappa shape index (κ2) is 15.8. The summed E-state index contributed by atoms with van der Waals surface area (Å²) in [5.74, 6) is -1.52. The van der Waals surface area contributed by atoms with Gasteiger partial charge in [0, 0.05) is 47.9 Å². The standard InChI is InChI=1S/C34H43FN4O3/c1-5-18-39(19-6-2)34(42)27-9-7-8-26(22-27)33(41)38-31(21-25-12-10-23(3)11-13-25)30(36)20-24(4)32(40)37-29-16-14-28(35)15-17-29/h7-17,22,24,30-31H,5-6,18-21,36H2,1-4H3,(H,37,40)(H,38,41)/t24-,30+,31+/m1/s1. The fraction of sp³-hybridized carbons (Fsp3) is 0.382. The van der Waals surface area contributed by atoms with E-state index >= 15 is 0 Å². The minimum atomic E-state index is -0.543. The number of aryl methyl sites for hydroxylation is 1. The summed E-state index contributed by atoms with van der Waals surface area (Å²) in [6.07, 6.45) is 2.49. The fourth-order valence-corrected chi connectivity index (χ4v) is 4.85. The van der Waals surface area contributed by atoms with Crippen molar-refractivity contribution in [2.24, 2.45) is 11.7 Å². The second-order valence-corrected chi connectivity index (χ2v) is 10.9. The van der Waals surface area contributed by atoms with E-state index in [4.69, 9.17) is 5.73 Å². The molecule has 0 heterocycles. The number of carbonyl (C=O) groups excluding carboxylic acids is 3. The highest BCUT2D eigenvalue weighted by molar-refractivity contribution is 5.99. The minimum Gasteiger partial charge on any atom is -0.347 e. The Morgan fingerprint density at radius 2 is 1.52 bits per heavy atom. The molecule has 0 aliphatic heterocycles. The SMILES string of the molecule is CCCN(CCC)C(=O)c1cccc(C(=O)N[C@@H](Cc2ccc(C)cc2)[C@@H](N)C[C@@H](C)C(=O)Nc2ccc(F)cc2)c1. The van der Waals surface area contributed by atoms with Gasteiger partial charge in [0.05, 0.1) is 0 Å². The Balaban J connectivity index is 1.76. The third-order valence-corrected chi connectivity index (χ3v) is 7.24. The molecule has 3 aromatic rings. The van der Waals surface area contributed by atoms with E-state index in [1.807, 2.05) is 49.9 Å². The van der Waals surface area contributed by atoms with Crippen LogP contribution in [0.2, 0.25) is 0 Å². The second-order valence-electron chi connectivity index (χ2n) is 10.9. The summed E-state index contributed by atoms with van der Waals surface area (Å²) in [4.78, 5) is 41.3. The van der Waals surface area contributed by atoms with Gasteiger partial charge in [-0.05, 0) is 80.6 Å². The number of rotatable bonds is 14. The highest BCUT2D eigenvalue weighted by atomic mass is 19.1. The Kier molecular flexibility index (Phi) is 12.2. The Labute approximate surface area is 248 Å². The summed E-state index contributed by atoms with van der Waals surface area (Å²) in [7, 11) is 0. The monoisotopic (exact) mass is 574 g/mol. The average molecular weight is 575 g/mol. The van der Waals surface area contributed by atoms with Gasteiger partial charge in [0.25, 0.3) is 11.8 Å². The fourth-order valence-electron chi connectivity index (χ4n) is 4.85. The summed E-state index contributed by atoms with van der Waals surface area (Å²) in [6, 6.07) is 19.3. The van der Waals surface area contributed by atoms with Crippen molar-refractivity contribution in [1.29, 1.82) is 0 Å². The third-order valence-electron chi connectivity index (χ3n) is 7.24. The molecule has 0 radical (unpaired) electrons. The van der Waals surface area contributed by atoms with Gasteiger partial charge in [-0.2, -0.15) is 0 Å². The van der Waals surface area contributed by atoms with Crippen LogP contribution in [-0.2, 0) is 11.2 Å². The number of halogens is 1. The summed E-state index contributed by atoms with van der Waals surface area (Å²) >= 11 is 0. The Morgan fingerprint density at radius 3 is 2.14 bits per heavy atom. The molecule has 0 bridgehead atoms. The first-order chi connectivity index (χ1) is 20.1. The van der Waals surface area contributed by atoms with Crippen LogP contribution in [0.5, 0.6) is 0 Å². The lowest BCUT2D eigenvalue weighted by molar-refractivity contribution is -0.119. The van der Waals surface area contributed by atoms with Gasteiger partial charge in [-0.25, -0.2) is 4.39 Å². The molecule has 3 atom stereocenters. The van der Waals surface area contributed by atoms with Gasteiger partial charge in [0.1, 0.15) is 5.82 Å². The molecule has 0 aliphatic rings. The smallest absolute Gasteiger partial charge is 0.253 e. The zero-order chi connectivity index (χ0) is 30.6. The highest BCUT2D eigenvalue weighted by Crippen LogP contribution is 2.17. The van der Waals surface area contributed by atoms with E-state index in [1.54, 1.807) is 31.2 Å². The molecule has 3 amide bonds. The molecular weight excluding hydrogens is 531 g/mol. The molecule has 0 aliphatic carbocycles. The van der Waals surface area contributed by atoms with Crippen molar-refractivity contribution >= 4 is 23.4 Å².